The van der Waals surface area contributed by atoms with Gasteiger partial charge in [0.15, 0.2) is 11.6 Å². The molecule has 7 heteroatoms. The van der Waals surface area contributed by atoms with Crippen LogP contribution < -0.4 is 25.8 Å². The van der Waals surface area contributed by atoms with E-state index in [2.05, 4.69) is 20.6 Å². The van der Waals surface area contributed by atoms with Crippen LogP contribution in [-0.4, -0.2) is 30.2 Å². The third kappa shape index (κ3) is 3.45. The third-order valence-corrected chi connectivity index (χ3v) is 4.24. The zero-order chi connectivity index (χ0) is 16.9. The number of aromatic nitrogens is 2. The molecule has 1 aromatic heterocycles. The minimum Gasteiger partial charge on any atom is -0.497 e. The molecule has 24 heavy (non-hydrogen) atoms. The first-order valence-corrected chi connectivity index (χ1v) is 8.07. The Morgan fingerprint density at radius 3 is 2.54 bits per heavy atom. The summed E-state index contributed by atoms with van der Waals surface area (Å²) in [7, 11) is 3.23. The van der Waals surface area contributed by atoms with Gasteiger partial charge in [0.1, 0.15) is 23.5 Å². The van der Waals surface area contributed by atoms with E-state index in [1.807, 2.05) is 18.2 Å². The average molecular weight is 329 g/mol. The van der Waals surface area contributed by atoms with Gasteiger partial charge in [-0.05, 0) is 25.0 Å². The fourth-order valence-corrected chi connectivity index (χ4v) is 2.91. The highest BCUT2D eigenvalue weighted by Crippen LogP contribution is 2.34. The quantitative estimate of drug-likeness (QED) is 0.749. The van der Waals surface area contributed by atoms with Gasteiger partial charge in [0.25, 0.3) is 0 Å². The summed E-state index contributed by atoms with van der Waals surface area (Å²) in [5.41, 5.74) is 7.47. The van der Waals surface area contributed by atoms with Crippen molar-refractivity contribution >= 4 is 23.0 Å². The fourth-order valence-electron chi connectivity index (χ4n) is 2.91. The molecule has 1 aromatic carbocycles. The molecular formula is C17H23N5O2. The molecule has 0 atom stereocenters. The van der Waals surface area contributed by atoms with Gasteiger partial charge in [-0.1, -0.05) is 12.8 Å². The number of ether oxygens (including phenoxy) is 2. The zero-order valence-electron chi connectivity index (χ0n) is 14.0. The van der Waals surface area contributed by atoms with Crippen LogP contribution in [0.1, 0.15) is 25.7 Å². The summed E-state index contributed by atoms with van der Waals surface area (Å²) >= 11 is 0. The van der Waals surface area contributed by atoms with E-state index in [4.69, 9.17) is 15.2 Å². The van der Waals surface area contributed by atoms with Crippen LogP contribution in [0.3, 0.4) is 0 Å². The van der Waals surface area contributed by atoms with Crippen molar-refractivity contribution in [2.24, 2.45) is 0 Å². The Morgan fingerprint density at radius 1 is 1.08 bits per heavy atom. The molecule has 1 aliphatic rings. The topological polar surface area (TPSA) is 94.3 Å². The van der Waals surface area contributed by atoms with E-state index < -0.39 is 0 Å². The first-order chi connectivity index (χ1) is 11.7. The van der Waals surface area contributed by atoms with E-state index in [0.717, 1.165) is 24.3 Å². The Labute approximate surface area is 141 Å². The van der Waals surface area contributed by atoms with E-state index in [9.17, 15) is 0 Å². The van der Waals surface area contributed by atoms with Crippen molar-refractivity contribution in [1.29, 1.82) is 0 Å². The number of anilines is 4. The van der Waals surface area contributed by atoms with Crippen molar-refractivity contribution < 1.29 is 9.47 Å². The molecule has 1 fully saturated rings. The summed E-state index contributed by atoms with van der Waals surface area (Å²) in [6.07, 6.45) is 6.29. The van der Waals surface area contributed by atoms with Crippen molar-refractivity contribution in [3.8, 4) is 11.5 Å². The number of nitrogens with zero attached hydrogens (tertiary/aromatic N) is 2. The van der Waals surface area contributed by atoms with Crippen molar-refractivity contribution in [2.75, 3.05) is 30.6 Å². The van der Waals surface area contributed by atoms with Crippen LogP contribution in [-0.2, 0) is 0 Å². The highest BCUT2D eigenvalue weighted by molar-refractivity contribution is 5.79. The molecule has 0 saturated heterocycles. The van der Waals surface area contributed by atoms with Crippen LogP contribution in [0.25, 0.3) is 0 Å². The number of benzene rings is 1. The summed E-state index contributed by atoms with van der Waals surface area (Å²) in [6, 6.07) is 5.93. The number of nitrogens with two attached hydrogens (primary N) is 1. The van der Waals surface area contributed by atoms with E-state index in [1.165, 1.54) is 19.2 Å². The van der Waals surface area contributed by atoms with Crippen molar-refractivity contribution in [3.05, 3.63) is 24.5 Å². The van der Waals surface area contributed by atoms with E-state index >= 15 is 0 Å². The Hall–Kier alpha value is -2.70. The van der Waals surface area contributed by atoms with Crippen LogP contribution in [0.4, 0.5) is 23.0 Å². The average Bonchev–Trinajstić information content (AvgIpc) is 3.11. The summed E-state index contributed by atoms with van der Waals surface area (Å²) in [4.78, 5) is 8.53. The van der Waals surface area contributed by atoms with Gasteiger partial charge in [-0.15, -0.1) is 0 Å². The van der Waals surface area contributed by atoms with Crippen LogP contribution in [0.5, 0.6) is 11.5 Å². The molecule has 0 radical (unpaired) electrons. The monoisotopic (exact) mass is 329 g/mol. The lowest BCUT2D eigenvalue weighted by molar-refractivity contribution is 0.405. The molecule has 4 N–H and O–H groups in total. The summed E-state index contributed by atoms with van der Waals surface area (Å²) < 4.78 is 10.6. The molecule has 0 unspecified atom stereocenters. The van der Waals surface area contributed by atoms with Crippen molar-refractivity contribution in [2.45, 2.75) is 31.7 Å². The highest BCUT2D eigenvalue weighted by Gasteiger charge is 2.18. The Balaban J connectivity index is 1.84. The van der Waals surface area contributed by atoms with Gasteiger partial charge in [0.2, 0.25) is 0 Å². The van der Waals surface area contributed by atoms with Crippen LogP contribution >= 0.6 is 0 Å². The zero-order valence-corrected chi connectivity index (χ0v) is 14.0. The molecule has 7 nitrogen and oxygen atoms in total. The van der Waals surface area contributed by atoms with Crippen molar-refractivity contribution in [3.63, 3.8) is 0 Å². The predicted molar refractivity (Wildman–Crippen MR) is 95.2 cm³/mol. The number of hydrogen-bond acceptors (Lipinski definition) is 7. The minimum absolute atomic E-state index is 0.432. The number of methoxy groups -OCH3 is 2. The second-order valence-corrected chi connectivity index (χ2v) is 5.80. The standard InChI is InChI=1S/C17H23N5O2/c1-23-12-7-8-14(24-2)13(9-12)22-17-15(18)16(19-10-20-17)21-11-5-3-4-6-11/h7-11H,3-6,18H2,1-2H3,(H2,19,20,21,22). The largest absolute Gasteiger partial charge is 0.497 e. The fraction of sp³-hybridized carbons (Fsp3) is 0.412. The Morgan fingerprint density at radius 2 is 1.83 bits per heavy atom. The first kappa shape index (κ1) is 16.2. The summed E-state index contributed by atoms with van der Waals surface area (Å²) in [6.45, 7) is 0. The van der Waals surface area contributed by atoms with Gasteiger partial charge in [0, 0.05) is 12.1 Å². The van der Waals surface area contributed by atoms with Gasteiger partial charge >= 0.3 is 0 Å². The molecule has 2 aromatic rings. The molecule has 128 valence electrons. The van der Waals surface area contributed by atoms with Crippen LogP contribution in [0.2, 0.25) is 0 Å². The first-order valence-electron chi connectivity index (χ1n) is 8.07. The molecule has 1 aliphatic carbocycles. The lowest BCUT2D eigenvalue weighted by Crippen LogP contribution is -2.17. The molecule has 1 saturated carbocycles. The molecule has 0 spiro atoms. The predicted octanol–water partition coefficient (Wildman–Crippen LogP) is 3.17. The van der Waals surface area contributed by atoms with Gasteiger partial charge in [0.05, 0.1) is 19.9 Å². The second-order valence-electron chi connectivity index (χ2n) is 5.80. The smallest absolute Gasteiger partial charge is 0.159 e. The third-order valence-electron chi connectivity index (χ3n) is 4.24. The minimum atomic E-state index is 0.432. The molecule has 0 bridgehead atoms. The highest BCUT2D eigenvalue weighted by atomic mass is 16.5. The van der Waals surface area contributed by atoms with Crippen LogP contribution in [0, 0.1) is 0 Å². The maximum atomic E-state index is 6.25. The van der Waals surface area contributed by atoms with Gasteiger partial charge in [-0.2, -0.15) is 0 Å². The van der Waals surface area contributed by atoms with E-state index in [0.29, 0.717) is 29.1 Å². The second kappa shape index (κ2) is 7.25. The van der Waals surface area contributed by atoms with Gasteiger partial charge < -0.3 is 25.8 Å². The van der Waals surface area contributed by atoms with E-state index in [1.54, 1.807) is 14.2 Å². The lowest BCUT2D eigenvalue weighted by Gasteiger charge is -2.17. The normalized spacial score (nSPS) is 14.4. The number of nitrogen functional groups attached to an aromatic ring is 1. The van der Waals surface area contributed by atoms with Crippen LogP contribution in [0.15, 0.2) is 24.5 Å². The SMILES string of the molecule is COc1ccc(OC)c(Nc2ncnc(NC3CCCC3)c2N)c1. The number of nitrogens with one attached hydrogen (secondary N) is 2. The van der Waals surface area contributed by atoms with Gasteiger partial charge in [-0.3, -0.25) is 0 Å². The Bertz CT molecular complexity index is 701. The Kier molecular flexibility index (Phi) is 4.88. The van der Waals surface area contributed by atoms with Crippen molar-refractivity contribution in [1.82, 2.24) is 9.97 Å². The molecule has 3 rings (SSSR count). The summed E-state index contributed by atoms with van der Waals surface area (Å²) in [5.74, 6) is 2.60. The number of rotatable bonds is 6. The molecular weight excluding hydrogens is 306 g/mol. The van der Waals surface area contributed by atoms with E-state index in [-0.39, 0.29) is 0 Å². The molecule has 0 aliphatic heterocycles. The molecule has 0 amide bonds. The maximum Gasteiger partial charge on any atom is 0.159 e. The molecule has 1 heterocycles. The number of hydrogen-bond donors (Lipinski definition) is 3. The summed E-state index contributed by atoms with van der Waals surface area (Å²) in [5, 5.41) is 6.63. The maximum absolute atomic E-state index is 6.25. The lowest BCUT2D eigenvalue weighted by atomic mass is 10.2. The van der Waals surface area contributed by atoms with Gasteiger partial charge in [-0.25, -0.2) is 9.97 Å².